The molecule has 1 aliphatic heterocycles. The van der Waals surface area contributed by atoms with Gasteiger partial charge in [-0.15, -0.1) is 0 Å². The van der Waals surface area contributed by atoms with Gasteiger partial charge in [0.15, 0.2) is 5.78 Å². The molecule has 29 heavy (non-hydrogen) atoms. The van der Waals surface area contributed by atoms with Crippen molar-refractivity contribution in [3.63, 3.8) is 0 Å². The van der Waals surface area contributed by atoms with Crippen LogP contribution < -0.4 is 0 Å². The molecule has 4 rings (SSSR count). The van der Waals surface area contributed by atoms with Crippen LogP contribution in [0.3, 0.4) is 0 Å². The van der Waals surface area contributed by atoms with E-state index in [9.17, 15) is 9.59 Å². The van der Waals surface area contributed by atoms with E-state index in [1.165, 1.54) is 0 Å². The van der Waals surface area contributed by atoms with Crippen LogP contribution in [0.15, 0.2) is 78.9 Å². The van der Waals surface area contributed by atoms with Gasteiger partial charge < -0.3 is 9.64 Å². The van der Waals surface area contributed by atoms with Crippen LogP contribution >= 0.6 is 0 Å². The molecule has 0 saturated carbocycles. The van der Waals surface area contributed by atoms with Gasteiger partial charge in [-0.2, -0.15) is 0 Å². The number of hydrogen-bond donors (Lipinski definition) is 0. The molecule has 0 N–H and O–H groups in total. The zero-order chi connectivity index (χ0) is 20.2. The summed E-state index contributed by atoms with van der Waals surface area (Å²) in [5.41, 5.74) is 3.59. The number of rotatable bonds is 4. The lowest BCUT2D eigenvalue weighted by Crippen LogP contribution is -2.42. The molecule has 1 amide bonds. The minimum Gasteiger partial charge on any atom is -0.370 e. The number of amides is 1. The Hall–Kier alpha value is -3.24. The molecule has 1 aliphatic rings. The number of carbonyl (C=O) groups excluding carboxylic acids is 2. The van der Waals surface area contributed by atoms with Crippen molar-refractivity contribution >= 4 is 11.7 Å². The molecule has 0 spiro atoms. The van der Waals surface area contributed by atoms with E-state index in [2.05, 4.69) is 0 Å². The number of hydrogen-bond acceptors (Lipinski definition) is 3. The molecule has 1 atom stereocenters. The largest absolute Gasteiger partial charge is 0.370 e. The Morgan fingerprint density at radius 2 is 1.52 bits per heavy atom. The Kier molecular flexibility index (Phi) is 5.54. The summed E-state index contributed by atoms with van der Waals surface area (Å²) in [6.07, 6.45) is -0.158. The number of benzene rings is 3. The molecule has 3 aromatic carbocycles. The van der Waals surface area contributed by atoms with Crippen molar-refractivity contribution in [2.45, 2.75) is 13.0 Å². The third kappa shape index (κ3) is 4.13. The molecule has 1 fully saturated rings. The SMILES string of the molecule is Cc1ccc(C(=O)c2ccccc2C(=O)N2CCO[C@H](c3ccccc3)C2)cc1. The maximum atomic E-state index is 13.3. The highest BCUT2D eigenvalue weighted by Crippen LogP contribution is 2.24. The van der Waals surface area contributed by atoms with Crippen molar-refractivity contribution in [3.05, 3.63) is 107 Å². The molecular weight excluding hydrogens is 362 g/mol. The van der Waals surface area contributed by atoms with E-state index < -0.39 is 0 Å². The van der Waals surface area contributed by atoms with Crippen molar-refractivity contribution in [1.82, 2.24) is 4.90 Å². The lowest BCUT2D eigenvalue weighted by Gasteiger charge is -2.33. The minimum absolute atomic E-state index is 0.134. The number of morpholine rings is 1. The Morgan fingerprint density at radius 1 is 0.862 bits per heavy atom. The summed E-state index contributed by atoms with van der Waals surface area (Å²) in [6, 6.07) is 24.4. The predicted molar refractivity (Wildman–Crippen MR) is 112 cm³/mol. The smallest absolute Gasteiger partial charge is 0.254 e. The highest BCUT2D eigenvalue weighted by atomic mass is 16.5. The van der Waals surface area contributed by atoms with E-state index in [0.717, 1.165) is 11.1 Å². The fourth-order valence-electron chi connectivity index (χ4n) is 3.60. The number of aryl methyl sites for hydroxylation is 1. The molecule has 0 unspecified atom stereocenters. The first-order chi connectivity index (χ1) is 14.1. The summed E-state index contributed by atoms with van der Waals surface area (Å²) in [5, 5.41) is 0. The third-order valence-corrected chi connectivity index (χ3v) is 5.24. The summed E-state index contributed by atoms with van der Waals surface area (Å²) in [4.78, 5) is 28.1. The first-order valence-corrected chi connectivity index (χ1v) is 9.80. The van der Waals surface area contributed by atoms with Gasteiger partial charge in [0.1, 0.15) is 6.10 Å². The summed E-state index contributed by atoms with van der Waals surface area (Å²) < 4.78 is 5.88. The second-order valence-electron chi connectivity index (χ2n) is 7.26. The van der Waals surface area contributed by atoms with Gasteiger partial charge in [-0.25, -0.2) is 0 Å². The van der Waals surface area contributed by atoms with E-state index in [-0.39, 0.29) is 17.8 Å². The molecule has 0 bridgehead atoms. The van der Waals surface area contributed by atoms with Crippen LogP contribution in [0.25, 0.3) is 0 Å². The summed E-state index contributed by atoms with van der Waals surface area (Å²) in [6.45, 7) is 3.43. The molecular formula is C25H23NO3. The summed E-state index contributed by atoms with van der Waals surface area (Å²) in [7, 11) is 0. The number of ketones is 1. The lowest BCUT2D eigenvalue weighted by atomic mass is 9.96. The van der Waals surface area contributed by atoms with Gasteiger partial charge in [0.2, 0.25) is 0 Å². The Labute approximate surface area is 170 Å². The minimum atomic E-state index is -0.158. The van der Waals surface area contributed by atoms with Crippen LogP contribution in [0.4, 0.5) is 0 Å². The quantitative estimate of drug-likeness (QED) is 0.624. The average Bonchev–Trinajstić information content (AvgIpc) is 2.79. The zero-order valence-corrected chi connectivity index (χ0v) is 16.4. The van der Waals surface area contributed by atoms with Crippen molar-refractivity contribution in [2.24, 2.45) is 0 Å². The Morgan fingerprint density at radius 3 is 2.24 bits per heavy atom. The van der Waals surface area contributed by atoms with E-state index >= 15 is 0 Å². The van der Waals surface area contributed by atoms with Gasteiger partial charge in [-0.05, 0) is 18.6 Å². The predicted octanol–water partition coefficient (Wildman–Crippen LogP) is 4.44. The highest BCUT2D eigenvalue weighted by molar-refractivity contribution is 6.15. The Bertz CT molecular complexity index is 1010. The molecule has 3 aromatic rings. The van der Waals surface area contributed by atoms with Crippen LogP contribution in [0.2, 0.25) is 0 Å². The maximum Gasteiger partial charge on any atom is 0.254 e. The number of nitrogens with zero attached hydrogens (tertiary/aromatic N) is 1. The molecule has 0 radical (unpaired) electrons. The average molecular weight is 385 g/mol. The maximum absolute atomic E-state index is 13.3. The standard InChI is InChI=1S/C25H23NO3/c1-18-11-13-20(14-12-18)24(27)21-9-5-6-10-22(21)25(28)26-15-16-29-23(17-26)19-7-3-2-4-8-19/h2-14,23H,15-17H2,1H3/t23-/m0/s1. The number of ether oxygens (including phenoxy) is 1. The van der Waals surface area contributed by atoms with Crippen molar-refractivity contribution in [1.29, 1.82) is 0 Å². The summed E-state index contributed by atoms with van der Waals surface area (Å²) >= 11 is 0. The van der Waals surface area contributed by atoms with Gasteiger partial charge in [0, 0.05) is 17.7 Å². The van der Waals surface area contributed by atoms with Crippen molar-refractivity contribution in [3.8, 4) is 0 Å². The van der Waals surface area contributed by atoms with Gasteiger partial charge in [-0.1, -0.05) is 78.4 Å². The van der Waals surface area contributed by atoms with Crippen LogP contribution in [0, 0.1) is 6.92 Å². The molecule has 1 saturated heterocycles. The van der Waals surface area contributed by atoms with Crippen LogP contribution in [-0.2, 0) is 4.74 Å². The van der Waals surface area contributed by atoms with Crippen LogP contribution in [-0.4, -0.2) is 36.3 Å². The van der Waals surface area contributed by atoms with E-state index in [0.29, 0.717) is 36.4 Å². The van der Waals surface area contributed by atoms with E-state index in [1.807, 2.05) is 49.4 Å². The van der Waals surface area contributed by atoms with Crippen molar-refractivity contribution < 1.29 is 14.3 Å². The molecule has 4 heteroatoms. The first-order valence-electron chi connectivity index (χ1n) is 9.80. The van der Waals surface area contributed by atoms with Crippen molar-refractivity contribution in [2.75, 3.05) is 19.7 Å². The molecule has 4 nitrogen and oxygen atoms in total. The molecule has 146 valence electrons. The van der Waals surface area contributed by atoms with Crippen LogP contribution in [0.1, 0.15) is 43.5 Å². The molecule has 0 aliphatic carbocycles. The monoisotopic (exact) mass is 385 g/mol. The second-order valence-corrected chi connectivity index (χ2v) is 7.26. The topological polar surface area (TPSA) is 46.6 Å². The van der Waals surface area contributed by atoms with Gasteiger partial charge in [-0.3, -0.25) is 9.59 Å². The van der Waals surface area contributed by atoms with E-state index in [4.69, 9.17) is 4.74 Å². The second kappa shape index (κ2) is 8.41. The summed E-state index contributed by atoms with van der Waals surface area (Å²) in [5.74, 6) is -0.271. The normalized spacial score (nSPS) is 16.4. The molecule has 1 heterocycles. The first kappa shape index (κ1) is 19.1. The zero-order valence-electron chi connectivity index (χ0n) is 16.4. The van der Waals surface area contributed by atoms with Gasteiger partial charge in [0.25, 0.3) is 5.91 Å². The highest BCUT2D eigenvalue weighted by Gasteiger charge is 2.28. The fourth-order valence-corrected chi connectivity index (χ4v) is 3.60. The molecule has 0 aromatic heterocycles. The lowest BCUT2D eigenvalue weighted by molar-refractivity contribution is -0.0228. The van der Waals surface area contributed by atoms with Crippen LogP contribution in [0.5, 0.6) is 0 Å². The fraction of sp³-hybridized carbons (Fsp3) is 0.200. The van der Waals surface area contributed by atoms with Gasteiger partial charge >= 0.3 is 0 Å². The van der Waals surface area contributed by atoms with E-state index in [1.54, 1.807) is 41.3 Å². The third-order valence-electron chi connectivity index (χ3n) is 5.24. The number of carbonyl (C=O) groups is 2. The van der Waals surface area contributed by atoms with Gasteiger partial charge in [0.05, 0.1) is 18.7 Å². The Balaban J connectivity index is 1.59.